The molecule has 2 atom stereocenters. The molecule has 2 rings (SSSR count). The molecule has 7 heteroatoms. The van der Waals surface area contributed by atoms with Gasteiger partial charge in [0.15, 0.2) is 0 Å². The van der Waals surface area contributed by atoms with E-state index in [0.717, 1.165) is 76.9 Å². The second-order valence-corrected chi connectivity index (χ2v) is 15.0. The molecule has 0 aliphatic carbocycles. The van der Waals surface area contributed by atoms with E-state index in [1.165, 1.54) is 96.3 Å². The minimum atomic E-state index is -3.65. The maximum Gasteiger partial charge on any atom is 0.296 e. The summed E-state index contributed by atoms with van der Waals surface area (Å²) in [4.78, 5) is 0.224. The van der Waals surface area contributed by atoms with Crippen LogP contribution in [0.25, 0.3) is 0 Å². The van der Waals surface area contributed by atoms with E-state index in [9.17, 15) is 8.42 Å². The lowest BCUT2D eigenvalue weighted by Crippen LogP contribution is -2.15. The molecule has 1 fully saturated rings. The zero-order chi connectivity index (χ0) is 32.3. The van der Waals surface area contributed by atoms with Gasteiger partial charge >= 0.3 is 0 Å². The van der Waals surface area contributed by atoms with Crippen LogP contribution in [0.1, 0.15) is 154 Å². The molecule has 0 unspecified atom stereocenters. The van der Waals surface area contributed by atoms with Crippen LogP contribution in [-0.2, 0) is 28.5 Å². The van der Waals surface area contributed by atoms with Crippen LogP contribution in [-0.4, -0.2) is 54.2 Å². The monoisotopic (exact) mass is 652 g/mol. The van der Waals surface area contributed by atoms with Crippen molar-refractivity contribution in [2.24, 2.45) is 5.92 Å². The van der Waals surface area contributed by atoms with Crippen LogP contribution in [0.5, 0.6) is 0 Å². The third kappa shape index (κ3) is 21.5. The quantitative estimate of drug-likeness (QED) is 0.0587. The van der Waals surface area contributed by atoms with Gasteiger partial charge in [-0.2, -0.15) is 8.42 Å². The molecule has 0 amide bonds. The average Bonchev–Trinajstić information content (AvgIpc) is 3.49. The van der Waals surface area contributed by atoms with Crippen molar-refractivity contribution in [3.63, 3.8) is 0 Å². The van der Waals surface area contributed by atoms with Gasteiger partial charge in [-0.05, 0) is 44.7 Å². The summed E-state index contributed by atoms with van der Waals surface area (Å²) in [6.45, 7) is 8.34. The van der Waals surface area contributed by atoms with E-state index in [2.05, 4.69) is 6.92 Å². The summed E-state index contributed by atoms with van der Waals surface area (Å²) in [7, 11) is -3.65. The summed E-state index contributed by atoms with van der Waals surface area (Å²) in [5.41, 5.74) is 1.03. The van der Waals surface area contributed by atoms with Gasteiger partial charge in [0.25, 0.3) is 10.1 Å². The van der Waals surface area contributed by atoms with Crippen molar-refractivity contribution >= 4 is 10.1 Å². The molecule has 1 aromatic rings. The highest BCUT2D eigenvalue weighted by atomic mass is 32.2. The van der Waals surface area contributed by atoms with Crippen LogP contribution in [0, 0.1) is 12.8 Å². The molecule has 0 radical (unpaired) electrons. The van der Waals surface area contributed by atoms with E-state index >= 15 is 0 Å². The molecule has 45 heavy (non-hydrogen) atoms. The number of benzene rings is 1. The number of hydrogen-bond acceptors (Lipinski definition) is 6. The number of unbranched alkanes of at least 4 members (excludes halogenated alkanes) is 19. The second-order valence-electron chi connectivity index (χ2n) is 13.4. The molecule has 0 aromatic heterocycles. The van der Waals surface area contributed by atoms with Crippen LogP contribution in [0.15, 0.2) is 29.2 Å². The van der Waals surface area contributed by atoms with Gasteiger partial charge in [0.05, 0.1) is 37.4 Å². The summed E-state index contributed by atoms with van der Waals surface area (Å²) in [5.74, 6) is 0.474. The summed E-state index contributed by atoms with van der Waals surface area (Å²) in [6.07, 6.45) is 28.4. The maximum absolute atomic E-state index is 12.2. The Morgan fingerprint density at radius 2 is 1.07 bits per heavy atom. The highest BCUT2D eigenvalue weighted by Gasteiger charge is 2.25. The Balaban J connectivity index is 1.27. The predicted molar refractivity (Wildman–Crippen MR) is 186 cm³/mol. The number of ether oxygens (including phenoxy) is 3. The first-order valence-electron chi connectivity index (χ1n) is 18.7. The Bertz CT molecular complexity index is 903. The third-order valence-corrected chi connectivity index (χ3v) is 10.3. The smallest absolute Gasteiger partial charge is 0.296 e. The molecule has 1 aliphatic rings. The number of rotatable bonds is 31. The molecule has 1 saturated heterocycles. The molecule has 0 bridgehead atoms. The fraction of sp³-hybridized carbons (Fsp3) is 0.842. The fourth-order valence-electron chi connectivity index (χ4n) is 6.01. The van der Waals surface area contributed by atoms with Crippen LogP contribution < -0.4 is 0 Å². The number of hydrogen-bond donors (Lipinski definition) is 0. The third-order valence-electron chi connectivity index (χ3n) is 8.94. The van der Waals surface area contributed by atoms with Crippen molar-refractivity contribution in [3.8, 4) is 0 Å². The van der Waals surface area contributed by atoms with Gasteiger partial charge in [-0.3, -0.25) is 4.18 Å². The lowest BCUT2D eigenvalue weighted by molar-refractivity contribution is 0.0141. The lowest BCUT2D eigenvalue weighted by atomic mass is 10.0. The molecular weight excluding hydrogens is 584 g/mol. The minimum Gasteiger partial charge on any atom is -0.381 e. The van der Waals surface area contributed by atoms with Gasteiger partial charge < -0.3 is 14.2 Å². The van der Waals surface area contributed by atoms with Crippen LogP contribution in [0.4, 0.5) is 0 Å². The zero-order valence-corrected chi connectivity index (χ0v) is 29.9. The van der Waals surface area contributed by atoms with Gasteiger partial charge in [0.1, 0.15) is 0 Å². The van der Waals surface area contributed by atoms with E-state index in [1.54, 1.807) is 24.3 Å². The normalized spacial score (nSPS) is 16.9. The van der Waals surface area contributed by atoms with Crippen LogP contribution in [0.3, 0.4) is 0 Å². The number of aryl methyl sites for hydroxylation is 1. The van der Waals surface area contributed by atoms with Gasteiger partial charge in [-0.1, -0.05) is 140 Å². The minimum absolute atomic E-state index is 0.219. The summed E-state index contributed by atoms with van der Waals surface area (Å²) in [5, 5.41) is 0. The van der Waals surface area contributed by atoms with Crippen molar-refractivity contribution in [3.05, 3.63) is 29.8 Å². The van der Waals surface area contributed by atoms with Gasteiger partial charge in [-0.15, -0.1) is 0 Å². The summed E-state index contributed by atoms with van der Waals surface area (Å²) in [6, 6.07) is 6.76. The maximum atomic E-state index is 12.2. The predicted octanol–water partition coefficient (Wildman–Crippen LogP) is 10.4. The van der Waals surface area contributed by atoms with Crippen molar-refractivity contribution in [1.82, 2.24) is 0 Å². The Hall–Kier alpha value is -0.990. The Morgan fingerprint density at radius 3 is 1.58 bits per heavy atom. The summed E-state index contributed by atoms with van der Waals surface area (Å²) < 4.78 is 47.3. The Kier molecular flexibility index (Phi) is 24.1. The van der Waals surface area contributed by atoms with Crippen LogP contribution in [0.2, 0.25) is 0 Å². The van der Waals surface area contributed by atoms with Crippen molar-refractivity contribution in [1.29, 1.82) is 0 Å². The first-order chi connectivity index (χ1) is 22.0. The first kappa shape index (κ1) is 40.2. The topological polar surface area (TPSA) is 71.1 Å². The van der Waals surface area contributed by atoms with Crippen LogP contribution >= 0.6 is 0 Å². The van der Waals surface area contributed by atoms with E-state index in [1.807, 2.05) is 6.92 Å². The van der Waals surface area contributed by atoms with Crippen molar-refractivity contribution in [2.75, 3.05) is 39.6 Å². The van der Waals surface area contributed by atoms with E-state index in [4.69, 9.17) is 18.4 Å². The largest absolute Gasteiger partial charge is 0.381 e. The molecular formula is C38H68O6S. The van der Waals surface area contributed by atoms with Crippen molar-refractivity contribution < 1.29 is 26.8 Å². The molecule has 6 nitrogen and oxygen atoms in total. The second kappa shape index (κ2) is 27.0. The molecule has 0 N–H and O–H groups in total. The average molecular weight is 653 g/mol. The zero-order valence-electron chi connectivity index (χ0n) is 29.1. The first-order valence-corrected chi connectivity index (χ1v) is 20.1. The Morgan fingerprint density at radius 1 is 0.622 bits per heavy atom. The highest BCUT2D eigenvalue weighted by Crippen LogP contribution is 2.21. The molecule has 0 saturated carbocycles. The Labute approximate surface area is 277 Å². The molecule has 262 valence electrons. The highest BCUT2D eigenvalue weighted by molar-refractivity contribution is 7.86. The van der Waals surface area contributed by atoms with E-state index in [-0.39, 0.29) is 17.6 Å². The molecule has 1 aliphatic heterocycles. The van der Waals surface area contributed by atoms with Crippen molar-refractivity contribution in [2.45, 2.75) is 166 Å². The standard InChI is InChI=1S/C38H68O6S/c1-3-4-5-6-7-8-9-10-11-12-13-14-15-16-18-22-29-42-34-37-31-36(33-43-37)32-41-28-21-19-17-20-23-30-44-45(39,40)38-26-24-35(2)25-27-38/h24-27,36-37H,3-23,28-34H2,1-2H3/t36-,37-/m1/s1. The molecule has 1 heterocycles. The molecule has 0 spiro atoms. The van der Waals surface area contributed by atoms with E-state index < -0.39 is 10.1 Å². The summed E-state index contributed by atoms with van der Waals surface area (Å²) >= 11 is 0. The van der Waals surface area contributed by atoms with Gasteiger partial charge in [-0.25, -0.2) is 0 Å². The van der Waals surface area contributed by atoms with Gasteiger partial charge in [0.2, 0.25) is 0 Å². The SMILES string of the molecule is CCCCCCCCCCCCCCCCCCOC[C@H]1C[C@H](COCCCCCCCOS(=O)(=O)c2ccc(C)cc2)CO1. The van der Waals surface area contributed by atoms with E-state index in [0.29, 0.717) is 12.5 Å². The van der Waals surface area contributed by atoms with Gasteiger partial charge in [0, 0.05) is 19.1 Å². The lowest BCUT2D eigenvalue weighted by Gasteiger charge is -2.11. The molecule has 1 aromatic carbocycles. The fourth-order valence-corrected chi connectivity index (χ4v) is 6.95.